The Balaban J connectivity index is 1.63. The first-order chi connectivity index (χ1) is 18.1. The van der Waals surface area contributed by atoms with Crippen molar-refractivity contribution in [1.29, 1.82) is 0 Å². The Bertz CT molecular complexity index is 1540. The number of hydrazone groups is 1. The number of hydrogen-bond acceptors (Lipinski definition) is 4. The number of anilines is 1. The Morgan fingerprint density at radius 1 is 0.974 bits per heavy atom. The van der Waals surface area contributed by atoms with Crippen molar-refractivity contribution in [2.75, 3.05) is 5.32 Å². The van der Waals surface area contributed by atoms with Gasteiger partial charge < -0.3 is 5.32 Å². The molecule has 1 aromatic heterocycles. The Hall–Kier alpha value is -4.03. The highest BCUT2D eigenvalue weighted by molar-refractivity contribution is 6.35. The van der Waals surface area contributed by atoms with Crippen LogP contribution in [0, 0.1) is 5.41 Å². The van der Waals surface area contributed by atoms with Crippen molar-refractivity contribution < 1.29 is 9.59 Å². The normalized spacial score (nSPS) is 11.9. The Labute approximate surface area is 228 Å². The van der Waals surface area contributed by atoms with Crippen LogP contribution in [-0.4, -0.2) is 22.5 Å². The van der Waals surface area contributed by atoms with Crippen LogP contribution in [-0.2, 0) is 11.2 Å². The van der Waals surface area contributed by atoms with Gasteiger partial charge >= 0.3 is 0 Å². The fourth-order valence-electron chi connectivity index (χ4n) is 3.86. The van der Waals surface area contributed by atoms with Crippen LogP contribution in [0.2, 0.25) is 5.02 Å². The molecule has 0 saturated heterocycles. The van der Waals surface area contributed by atoms with E-state index in [-0.39, 0.29) is 11.8 Å². The zero-order valence-electron chi connectivity index (χ0n) is 22.2. The number of carbonyl (C=O) groups is 2. The van der Waals surface area contributed by atoms with Crippen molar-refractivity contribution in [2.45, 2.75) is 41.0 Å². The third kappa shape index (κ3) is 6.09. The van der Waals surface area contributed by atoms with E-state index in [9.17, 15) is 9.59 Å². The Morgan fingerprint density at radius 2 is 1.68 bits per heavy atom. The van der Waals surface area contributed by atoms with Gasteiger partial charge in [-0.05, 0) is 48.7 Å². The predicted molar refractivity (Wildman–Crippen MR) is 156 cm³/mol. The Kier molecular flexibility index (Phi) is 7.93. The van der Waals surface area contributed by atoms with Crippen molar-refractivity contribution in [3.63, 3.8) is 0 Å². The number of amides is 2. The molecule has 0 fully saturated rings. The minimum absolute atomic E-state index is 0.0825. The number of halogens is 1. The number of carbonyl (C=O) groups excluding carboxylic acids is 2. The summed E-state index contributed by atoms with van der Waals surface area (Å²) in [6.07, 6.45) is 0.939. The van der Waals surface area contributed by atoms with Crippen molar-refractivity contribution in [1.82, 2.24) is 10.4 Å². The first-order valence-electron chi connectivity index (χ1n) is 12.5. The van der Waals surface area contributed by atoms with Gasteiger partial charge in [-0.2, -0.15) is 5.10 Å². The zero-order chi connectivity index (χ0) is 27.4. The van der Waals surface area contributed by atoms with Crippen molar-refractivity contribution in [3.05, 3.63) is 94.5 Å². The molecular formula is C31H31ClN4O2. The van der Waals surface area contributed by atoms with E-state index in [1.165, 1.54) is 5.56 Å². The number of fused-ring (bicyclic) bond motifs is 1. The molecule has 0 unspecified atom stereocenters. The molecular weight excluding hydrogens is 496 g/mol. The van der Waals surface area contributed by atoms with Crippen LogP contribution < -0.4 is 10.7 Å². The average Bonchev–Trinajstić information content (AvgIpc) is 2.91. The average molecular weight is 527 g/mol. The van der Waals surface area contributed by atoms with Crippen LogP contribution in [0.25, 0.3) is 22.2 Å². The summed E-state index contributed by atoms with van der Waals surface area (Å²) < 4.78 is 0. The molecule has 1 heterocycles. The molecule has 0 spiro atoms. The second-order valence-corrected chi connectivity index (χ2v) is 10.6. The molecule has 0 aliphatic heterocycles. The number of nitrogens with zero attached hydrogens (tertiary/aromatic N) is 2. The summed E-state index contributed by atoms with van der Waals surface area (Å²) in [5.41, 5.74) is 7.95. The molecule has 4 rings (SSSR count). The van der Waals surface area contributed by atoms with Crippen LogP contribution in [0.3, 0.4) is 0 Å². The molecule has 0 radical (unpaired) electrons. The lowest BCUT2D eigenvalue weighted by Gasteiger charge is -2.18. The van der Waals surface area contributed by atoms with Gasteiger partial charge in [0, 0.05) is 22.1 Å². The highest BCUT2D eigenvalue weighted by Crippen LogP contribution is 2.29. The lowest BCUT2D eigenvalue weighted by atomic mass is 9.95. The minimum atomic E-state index is -0.514. The van der Waals surface area contributed by atoms with E-state index in [1.807, 2.05) is 63.2 Å². The van der Waals surface area contributed by atoms with Crippen LogP contribution in [0.1, 0.15) is 56.1 Å². The molecule has 2 N–H and O–H groups in total. The van der Waals surface area contributed by atoms with Gasteiger partial charge in [0.2, 0.25) is 5.91 Å². The smallest absolute Gasteiger partial charge is 0.272 e. The fourth-order valence-corrected chi connectivity index (χ4v) is 4.08. The third-order valence-corrected chi connectivity index (χ3v) is 6.54. The van der Waals surface area contributed by atoms with Crippen molar-refractivity contribution in [2.24, 2.45) is 10.5 Å². The summed E-state index contributed by atoms with van der Waals surface area (Å²) in [6, 6.07) is 22.6. The molecule has 0 saturated carbocycles. The van der Waals surface area contributed by atoms with Gasteiger partial charge in [0.1, 0.15) is 0 Å². The summed E-state index contributed by atoms with van der Waals surface area (Å²) in [6.45, 7) is 9.47. The number of rotatable bonds is 6. The van der Waals surface area contributed by atoms with E-state index >= 15 is 0 Å². The monoisotopic (exact) mass is 526 g/mol. The predicted octanol–water partition coefficient (Wildman–Crippen LogP) is 7.26. The molecule has 6 nitrogen and oxygen atoms in total. The largest absolute Gasteiger partial charge is 0.326 e. The van der Waals surface area contributed by atoms with Gasteiger partial charge in [-0.15, -0.1) is 0 Å². The molecule has 0 atom stereocenters. The molecule has 0 bridgehead atoms. The Morgan fingerprint density at radius 3 is 2.37 bits per heavy atom. The summed E-state index contributed by atoms with van der Waals surface area (Å²) in [7, 11) is 0. The summed E-state index contributed by atoms with van der Waals surface area (Å²) >= 11 is 6.48. The lowest BCUT2D eigenvalue weighted by Crippen LogP contribution is -2.27. The number of aryl methyl sites for hydroxylation is 1. The van der Waals surface area contributed by atoms with E-state index in [2.05, 4.69) is 34.9 Å². The fraction of sp³-hybridized carbons (Fsp3) is 0.226. The van der Waals surface area contributed by atoms with E-state index in [0.29, 0.717) is 38.6 Å². The van der Waals surface area contributed by atoms with E-state index in [1.54, 1.807) is 25.1 Å². The number of para-hydroxylation sites is 1. The number of benzene rings is 3. The van der Waals surface area contributed by atoms with E-state index < -0.39 is 5.41 Å². The maximum absolute atomic E-state index is 13.4. The molecule has 3 aromatic carbocycles. The molecule has 194 valence electrons. The lowest BCUT2D eigenvalue weighted by molar-refractivity contribution is -0.123. The van der Waals surface area contributed by atoms with Crippen molar-refractivity contribution in [3.8, 4) is 11.3 Å². The molecule has 0 aliphatic carbocycles. The van der Waals surface area contributed by atoms with E-state index in [0.717, 1.165) is 17.5 Å². The molecule has 38 heavy (non-hydrogen) atoms. The standard InChI is InChI=1S/C31H31ClN4O2/c1-6-20-13-15-21(16-14-20)27-18-25(24-11-8-12-26(32)28(24)34-27)29(37)36-35-19(2)22-9-7-10-23(17-22)33-30(38)31(3,4)5/h7-18H,6H2,1-5H3,(H,33,38)(H,36,37). The summed E-state index contributed by atoms with van der Waals surface area (Å²) in [4.78, 5) is 30.5. The highest BCUT2D eigenvalue weighted by Gasteiger charge is 2.21. The maximum Gasteiger partial charge on any atom is 0.272 e. The van der Waals surface area contributed by atoms with Gasteiger partial charge in [-0.3, -0.25) is 9.59 Å². The topological polar surface area (TPSA) is 83.5 Å². The second-order valence-electron chi connectivity index (χ2n) is 10.2. The van der Waals surface area contributed by atoms with Crippen LogP contribution in [0.15, 0.2) is 77.9 Å². The molecule has 4 aromatic rings. The molecule has 2 amide bonds. The maximum atomic E-state index is 13.4. The van der Waals surface area contributed by atoms with Crippen LogP contribution >= 0.6 is 11.6 Å². The molecule has 7 heteroatoms. The third-order valence-electron chi connectivity index (χ3n) is 6.24. The molecule has 0 aliphatic rings. The van der Waals surface area contributed by atoms with Gasteiger partial charge in [-0.25, -0.2) is 10.4 Å². The quantitative estimate of drug-likeness (QED) is 0.205. The van der Waals surface area contributed by atoms with Gasteiger partial charge in [0.25, 0.3) is 5.91 Å². The summed E-state index contributed by atoms with van der Waals surface area (Å²) in [5, 5.41) is 8.38. The number of pyridine rings is 1. The number of nitrogens with one attached hydrogen (secondary N) is 2. The first-order valence-corrected chi connectivity index (χ1v) is 12.9. The zero-order valence-corrected chi connectivity index (χ0v) is 23.0. The SMILES string of the molecule is CCc1ccc(-c2cc(C(=O)NN=C(C)c3cccc(NC(=O)C(C)(C)C)c3)c3cccc(Cl)c3n2)cc1. The van der Waals surface area contributed by atoms with Crippen molar-refractivity contribution >= 4 is 45.7 Å². The summed E-state index contributed by atoms with van der Waals surface area (Å²) in [5.74, 6) is -0.455. The van der Waals surface area contributed by atoms with Crippen LogP contribution in [0.5, 0.6) is 0 Å². The van der Waals surface area contributed by atoms with Gasteiger partial charge in [-0.1, -0.05) is 87.8 Å². The van der Waals surface area contributed by atoms with E-state index in [4.69, 9.17) is 16.6 Å². The second kappa shape index (κ2) is 11.2. The first kappa shape index (κ1) is 27.0. The van der Waals surface area contributed by atoms with Crippen LogP contribution in [0.4, 0.5) is 5.69 Å². The number of aromatic nitrogens is 1. The minimum Gasteiger partial charge on any atom is -0.326 e. The van der Waals surface area contributed by atoms with Gasteiger partial charge in [0.05, 0.1) is 27.5 Å². The number of hydrogen-bond donors (Lipinski definition) is 2. The highest BCUT2D eigenvalue weighted by atomic mass is 35.5. The van der Waals surface area contributed by atoms with Gasteiger partial charge in [0.15, 0.2) is 0 Å².